The third kappa shape index (κ3) is 5.50. The largest absolute Gasteiger partial charge is 0.416 e. The van der Waals surface area contributed by atoms with E-state index in [9.17, 15) is 0 Å². The predicted molar refractivity (Wildman–Crippen MR) is 194 cm³/mol. The molecule has 0 atom stereocenters. The van der Waals surface area contributed by atoms with Crippen LogP contribution in [0.5, 0.6) is 0 Å². The number of para-hydroxylation sites is 2. The Bertz CT molecular complexity index is 2340. The molecular weight excluding hydrogens is 621 g/mol. The van der Waals surface area contributed by atoms with Gasteiger partial charge >= 0.3 is 0 Å². The summed E-state index contributed by atoms with van der Waals surface area (Å²) in [4.78, 5) is 10.6. The van der Waals surface area contributed by atoms with Crippen LogP contribution in [0.4, 0.5) is 11.4 Å². The van der Waals surface area contributed by atoms with Crippen molar-refractivity contribution in [2.24, 2.45) is 9.98 Å². The van der Waals surface area contributed by atoms with Crippen molar-refractivity contribution in [3.63, 3.8) is 0 Å². The lowest BCUT2D eigenvalue weighted by Crippen LogP contribution is -2.10. The van der Waals surface area contributed by atoms with Gasteiger partial charge in [0, 0.05) is 44.5 Å². The van der Waals surface area contributed by atoms with Crippen LogP contribution >= 0.6 is 0 Å². The maximum atomic E-state index is 6.00. The van der Waals surface area contributed by atoms with E-state index in [-0.39, 0.29) is 0 Å². The Morgan fingerprint density at radius 1 is 0.280 bits per heavy atom. The molecule has 0 N–H and O–H groups in total. The van der Waals surface area contributed by atoms with E-state index in [1.807, 2.05) is 146 Å². The highest BCUT2D eigenvalue weighted by Crippen LogP contribution is 2.34. The van der Waals surface area contributed by atoms with Crippen LogP contribution in [0.3, 0.4) is 0 Å². The van der Waals surface area contributed by atoms with Gasteiger partial charge in [-0.05, 0) is 60.7 Å². The molecule has 8 nitrogen and oxygen atoms in total. The van der Waals surface area contributed by atoms with Gasteiger partial charge in [-0.2, -0.15) is 0 Å². The van der Waals surface area contributed by atoms with E-state index >= 15 is 0 Å². The summed E-state index contributed by atoms with van der Waals surface area (Å²) in [6.07, 6.45) is 0. The lowest BCUT2D eigenvalue weighted by atomic mass is 9.95. The Morgan fingerprint density at radius 3 is 0.960 bits per heavy atom. The summed E-state index contributed by atoms with van der Waals surface area (Å²) < 4.78 is 12.0. The normalized spacial score (nSPS) is 14.3. The minimum Gasteiger partial charge on any atom is -0.416 e. The molecule has 2 aromatic heterocycles. The molecule has 0 unspecified atom stereocenters. The van der Waals surface area contributed by atoms with Crippen LogP contribution in [-0.4, -0.2) is 31.8 Å². The summed E-state index contributed by atoms with van der Waals surface area (Å²) >= 11 is 0. The first-order valence-electron chi connectivity index (χ1n) is 16.1. The predicted octanol–water partition coefficient (Wildman–Crippen LogP) is 9.77. The van der Waals surface area contributed by atoms with E-state index in [0.29, 0.717) is 23.6 Å². The first kappa shape index (κ1) is 29.1. The summed E-state index contributed by atoms with van der Waals surface area (Å²) in [6.45, 7) is 0. The molecule has 236 valence electrons. The number of fused-ring (bicyclic) bond motifs is 2. The maximum Gasteiger partial charge on any atom is 0.248 e. The van der Waals surface area contributed by atoms with Gasteiger partial charge < -0.3 is 8.83 Å². The standard InChI is InChI=1S/C42H26N6O2/c1-3-11-29(12-4-1)39-45-47-41(49-39)31-23-19-27(20-24-31)37-33-15-7-9-17-35(33)44-38(34-16-8-10-18-36(34)43-37)28-21-25-32(26-22-28)42-48-46-40(50-42)30-13-5-2-6-14-30/h1-26H/b37-33?,38-34?,43-36?,43-37-,44-35?,44-38-. The Morgan fingerprint density at radius 2 is 0.580 bits per heavy atom. The maximum absolute atomic E-state index is 6.00. The topological polar surface area (TPSA) is 103 Å². The van der Waals surface area contributed by atoms with Gasteiger partial charge in [0.15, 0.2) is 0 Å². The number of benzene rings is 6. The van der Waals surface area contributed by atoms with E-state index in [1.54, 1.807) is 0 Å². The highest BCUT2D eigenvalue weighted by Gasteiger charge is 2.21. The minimum absolute atomic E-state index is 0.455. The summed E-state index contributed by atoms with van der Waals surface area (Å²) in [6, 6.07) is 51.7. The van der Waals surface area contributed by atoms with Crippen molar-refractivity contribution in [1.82, 2.24) is 20.4 Å². The van der Waals surface area contributed by atoms with Gasteiger partial charge in [-0.25, -0.2) is 9.98 Å². The van der Waals surface area contributed by atoms with Crippen molar-refractivity contribution in [2.75, 3.05) is 0 Å². The highest BCUT2D eigenvalue weighted by molar-refractivity contribution is 6.22. The number of hydrogen-bond donors (Lipinski definition) is 0. The first-order valence-corrected chi connectivity index (χ1v) is 16.1. The zero-order valence-corrected chi connectivity index (χ0v) is 26.5. The zero-order valence-electron chi connectivity index (χ0n) is 26.5. The van der Waals surface area contributed by atoms with E-state index in [0.717, 1.165) is 67.3 Å². The van der Waals surface area contributed by atoms with Gasteiger partial charge in [-0.3, -0.25) is 0 Å². The minimum atomic E-state index is 0.455. The average Bonchev–Trinajstić information content (AvgIpc) is 3.89. The van der Waals surface area contributed by atoms with E-state index in [4.69, 9.17) is 18.8 Å². The Kier molecular flexibility index (Phi) is 7.29. The van der Waals surface area contributed by atoms with Crippen molar-refractivity contribution in [3.8, 4) is 45.8 Å². The Labute approximate surface area is 287 Å². The van der Waals surface area contributed by atoms with Crippen LogP contribution in [0.15, 0.2) is 177 Å². The van der Waals surface area contributed by atoms with Gasteiger partial charge in [0.1, 0.15) is 0 Å². The molecule has 0 spiro atoms. The van der Waals surface area contributed by atoms with Gasteiger partial charge in [-0.1, -0.05) is 97.1 Å². The van der Waals surface area contributed by atoms with Crippen molar-refractivity contribution < 1.29 is 8.83 Å². The molecule has 0 aliphatic carbocycles. The van der Waals surface area contributed by atoms with Crippen molar-refractivity contribution in [1.29, 1.82) is 0 Å². The lowest BCUT2D eigenvalue weighted by Gasteiger charge is -2.18. The van der Waals surface area contributed by atoms with Gasteiger partial charge in [0.05, 0.1) is 22.8 Å². The molecule has 0 amide bonds. The van der Waals surface area contributed by atoms with Crippen LogP contribution < -0.4 is 0 Å². The smallest absolute Gasteiger partial charge is 0.248 e. The highest BCUT2D eigenvalue weighted by atomic mass is 16.4. The molecule has 1 aliphatic rings. The fourth-order valence-electron chi connectivity index (χ4n) is 5.96. The van der Waals surface area contributed by atoms with Crippen molar-refractivity contribution >= 4 is 22.8 Å². The number of hydrogen-bond acceptors (Lipinski definition) is 8. The molecule has 8 aromatic rings. The van der Waals surface area contributed by atoms with Crippen LogP contribution in [0, 0.1) is 0 Å². The lowest BCUT2D eigenvalue weighted by molar-refractivity contribution is 0.584. The average molecular weight is 647 g/mol. The van der Waals surface area contributed by atoms with Crippen LogP contribution in [0.2, 0.25) is 0 Å². The molecule has 6 aromatic carbocycles. The number of aromatic nitrogens is 4. The van der Waals surface area contributed by atoms with Crippen molar-refractivity contribution in [2.45, 2.75) is 0 Å². The quantitative estimate of drug-likeness (QED) is 0.178. The zero-order chi connectivity index (χ0) is 33.3. The number of nitrogens with zero attached hydrogens (tertiary/aromatic N) is 6. The molecular formula is C42H26N6O2. The van der Waals surface area contributed by atoms with Gasteiger partial charge in [0.25, 0.3) is 0 Å². The molecule has 0 radical (unpaired) electrons. The molecule has 0 saturated heterocycles. The molecule has 0 fully saturated rings. The molecule has 0 saturated carbocycles. The molecule has 0 bridgehead atoms. The summed E-state index contributed by atoms with van der Waals surface area (Å²) in [5, 5.41) is 17.1. The third-order valence-corrected chi connectivity index (χ3v) is 8.48. The third-order valence-electron chi connectivity index (χ3n) is 8.48. The summed E-state index contributed by atoms with van der Waals surface area (Å²) in [5.74, 6) is 1.87. The fourth-order valence-corrected chi connectivity index (χ4v) is 5.96. The van der Waals surface area contributed by atoms with E-state index in [1.165, 1.54) is 0 Å². The Hall–Kier alpha value is -7.06. The molecule has 3 heterocycles. The second kappa shape index (κ2) is 12.5. The summed E-state index contributed by atoms with van der Waals surface area (Å²) in [7, 11) is 0. The molecule has 1 aliphatic heterocycles. The first-order chi connectivity index (χ1) is 24.8. The molecule has 50 heavy (non-hydrogen) atoms. The fraction of sp³-hybridized carbons (Fsp3) is 0. The monoisotopic (exact) mass is 646 g/mol. The second-order valence-corrected chi connectivity index (χ2v) is 11.7. The van der Waals surface area contributed by atoms with E-state index < -0.39 is 0 Å². The van der Waals surface area contributed by atoms with Crippen LogP contribution in [0.25, 0.3) is 45.8 Å². The second-order valence-electron chi connectivity index (χ2n) is 11.7. The SMILES string of the molecule is c1ccc(-c2nnc(-c3ccc(/C4=N/c5ccccc5/C(c5ccc(-c6nnc(-c7ccccc7)o6)cc5)=N\c5ccccc54)cc3)o2)cc1. The van der Waals surface area contributed by atoms with Crippen LogP contribution in [-0.2, 0) is 0 Å². The van der Waals surface area contributed by atoms with E-state index in [2.05, 4.69) is 32.5 Å². The Balaban J connectivity index is 1.06. The molecule has 8 heteroatoms. The number of aliphatic imine (C=N–C) groups is 2. The number of rotatable bonds is 6. The molecule has 9 rings (SSSR count). The van der Waals surface area contributed by atoms with Gasteiger partial charge in [-0.15, -0.1) is 20.4 Å². The van der Waals surface area contributed by atoms with Crippen molar-refractivity contribution in [3.05, 3.63) is 180 Å². The summed E-state index contributed by atoms with van der Waals surface area (Å²) in [5.41, 5.74) is 10.4. The van der Waals surface area contributed by atoms with Gasteiger partial charge in [0.2, 0.25) is 23.6 Å². The van der Waals surface area contributed by atoms with Crippen LogP contribution in [0.1, 0.15) is 22.3 Å².